The van der Waals surface area contributed by atoms with Crippen LogP contribution in [0, 0.1) is 5.92 Å². The Labute approximate surface area is 476 Å². The smallest absolute Gasteiger partial charge is 0.300 e. The van der Waals surface area contributed by atoms with Gasteiger partial charge in [-0.05, 0) is 90.7 Å². The number of hydrogen-bond donors (Lipinski definition) is 14. The van der Waals surface area contributed by atoms with Gasteiger partial charge in [-0.25, -0.2) is 0 Å². The normalized spacial score (nSPS) is 20.9. The number of aromatic nitrogens is 1. The molecule has 9 atom stereocenters. The molecule has 0 saturated carbocycles. The number of nitrogens with one attached hydrogen (secondary N) is 8. The molecule has 4 aromatic carbocycles. The highest BCUT2D eigenvalue weighted by Gasteiger charge is 2.36. The summed E-state index contributed by atoms with van der Waals surface area (Å²) in [5, 5.41) is 49.5. The average molecular weight is 1160 g/mol. The fraction of sp³-hybridized carbons (Fsp3) is 0.411. The van der Waals surface area contributed by atoms with Crippen LogP contribution in [0.2, 0.25) is 0 Å². The maximum atomic E-state index is 14.9. The second kappa shape index (κ2) is 31.3. The van der Waals surface area contributed by atoms with Crippen LogP contribution in [-0.4, -0.2) is 146 Å². The Morgan fingerprint density at radius 2 is 1.31 bits per heavy atom. The van der Waals surface area contributed by atoms with E-state index in [0.29, 0.717) is 24.0 Å². The third kappa shape index (κ3) is 19.8. The van der Waals surface area contributed by atoms with Crippen molar-refractivity contribution in [3.8, 4) is 5.75 Å². The van der Waals surface area contributed by atoms with Crippen molar-refractivity contribution in [2.45, 2.75) is 121 Å². The zero-order valence-corrected chi connectivity index (χ0v) is 47.1. The molecule has 0 spiro atoms. The van der Waals surface area contributed by atoms with Crippen LogP contribution in [0.4, 0.5) is 0 Å². The van der Waals surface area contributed by atoms with Crippen LogP contribution in [0.25, 0.3) is 21.7 Å². The predicted octanol–water partition coefficient (Wildman–Crippen LogP) is 0.913. The number of hydrogen-bond acceptors (Lipinski definition) is 15. The summed E-state index contributed by atoms with van der Waals surface area (Å²) < 4.78 is 0. The first-order valence-electron chi connectivity index (χ1n) is 26.3. The van der Waals surface area contributed by atoms with E-state index >= 15 is 0 Å². The van der Waals surface area contributed by atoms with Crippen molar-refractivity contribution < 1.29 is 58.5 Å². The van der Waals surface area contributed by atoms with E-state index in [9.17, 15) is 48.6 Å². The number of phenolic OH excluding ortho intramolecular Hbond substituents is 1. The SMILES string of the molecule is CC(=O)O.CC(C)C1NC(=O)[C@H](CCCCN)NC(=O)C(Cc2c[nH]c3ccccc23)NC(=O)[C@H](Cc2ccc(O)cc2)NC(=O)C(NC(=O)[C@H](N)Cc2ccc3ccccc3c2)CSSCC(C(=O)N[C@H](C(N)=O)[C@@H](C)O)NC1=O. The molecule has 4 unspecified atom stereocenters. The molecule has 0 bridgehead atoms. The molecule has 1 aromatic heterocycles. The molecule has 5 aromatic rings. The maximum absolute atomic E-state index is 14.9. The van der Waals surface area contributed by atoms with Gasteiger partial charge < -0.3 is 74.7 Å². The third-order valence-electron chi connectivity index (χ3n) is 13.1. The van der Waals surface area contributed by atoms with Crippen molar-refractivity contribution in [2.24, 2.45) is 23.1 Å². The summed E-state index contributed by atoms with van der Waals surface area (Å²) in [6.07, 6.45) is 1.05. The minimum Gasteiger partial charge on any atom is -0.508 e. The maximum Gasteiger partial charge on any atom is 0.300 e. The number of nitrogens with two attached hydrogens (primary N) is 3. The Morgan fingerprint density at radius 1 is 0.716 bits per heavy atom. The molecule has 8 amide bonds. The number of aliphatic carboxylic acids is 1. The number of phenols is 1. The molecule has 436 valence electrons. The summed E-state index contributed by atoms with van der Waals surface area (Å²) in [7, 11) is 2.03. The number of para-hydroxylation sites is 1. The first-order valence-corrected chi connectivity index (χ1v) is 28.8. The summed E-state index contributed by atoms with van der Waals surface area (Å²) in [5.74, 6) is -8.50. The monoisotopic (exact) mass is 1160 g/mol. The number of unbranched alkanes of at least 4 members (excludes halogenated alkanes) is 1. The lowest BCUT2D eigenvalue weighted by Crippen LogP contribution is -2.62. The molecule has 1 aliphatic rings. The lowest BCUT2D eigenvalue weighted by Gasteiger charge is -2.29. The van der Waals surface area contributed by atoms with Crippen LogP contribution in [0.5, 0.6) is 5.75 Å². The van der Waals surface area contributed by atoms with Gasteiger partial charge in [-0.2, -0.15) is 0 Å². The van der Waals surface area contributed by atoms with E-state index in [1.165, 1.54) is 19.1 Å². The summed E-state index contributed by atoms with van der Waals surface area (Å²) in [6, 6.07) is 15.8. The van der Waals surface area contributed by atoms with Crippen molar-refractivity contribution in [3.63, 3.8) is 0 Å². The number of aliphatic hydroxyl groups excluding tert-OH is 1. The van der Waals surface area contributed by atoms with Crippen molar-refractivity contribution >= 4 is 96.5 Å². The first-order chi connectivity index (χ1) is 38.5. The highest BCUT2D eigenvalue weighted by Crippen LogP contribution is 2.25. The number of carbonyl (C=O) groups is 9. The van der Waals surface area contributed by atoms with Crippen molar-refractivity contribution in [2.75, 3.05) is 18.1 Å². The van der Waals surface area contributed by atoms with Gasteiger partial charge in [0.25, 0.3) is 5.97 Å². The van der Waals surface area contributed by atoms with Crippen LogP contribution >= 0.6 is 21.6 Å². The van der Waals surface area contributed by atoms with Gasteiger partial charge in [-0.1, -0.05) is 108 Å². The number of benzene rings is 4. The highest BCUT2D eigenvalue weighted by molar-refractivity contribution is 8.76. The van der Waals surface area contributed by atoms with Crippen molar-refractivity contribution in [1.29, 1.82) is 0 Å². The Kier molecular flexibility index (Phi) is 24.8. The fourth-order valence-electron chi connectivity index (χ4n) is 8.71. The van der Waals surface area contributed by atoms with Gasteiger partial charge in [0.15, 0.2) is 0 Å². The molecule has 1 fully saturated rings. The Bertz CT molecular complexity index is 2990. The molecule has 1 saturated heterocycles. The van der Waals surface area contributed by atoms with Gasteiger partial charge in [0.1, 0.15) is 48.0 Å². The fourth-order valence-corrected chi connectivity index (χ4v) is 11.0. The van der Waals surface area contributed by atoms with E-state index in [0.717, 1.165) is 55.8 Å². The van der Waals surface area contributed by atoms with E-state index in [-0.39, 0.29) is 49.5 Å². The van der Waals surface area contributed by atoms with Gasteiger partial charge in [-0.15, -0.1) is 0 Å². The number of fused-ring (bicyclic) bond motifs is 2. The number of rotatable bonds is 17. The quantitative estimate of drug-likeness (QED) is 0.0455. The standard InChI is InChI=1S/C54H69N11O10S2.C2H4O2/c1-29(2)45-54(75)63-44(53(74)65-46(30(3)66)47(57)68)28-77-76-27-43(62-48(69)38(56)23-32-15-18-33-10-4-5-11-34(33)22-32)52(73)60-41(24-31-16-19-36(67)20-17-31)50(71)61-42(25-35-26-58-39-13-7-6-12-37(35)39)51(72)59-40(49(70)64-45)14-8-9-21-55;1-2(3)4/h4-7,10-13,15-20,22,26,29-30,38,40-46,58,66-67H,8-9,14,21,23-25,27-28,55-56H2,1-3H3,(H2,57,68)(H,59,72)(H,60,73)(H,61,71)(H,62,69)(H,63,75)(H,64,70)(H,65,74);1H3,(H,3,4)/t30-,38-,40+,41+,42?,43?,44?,45?,46+;/m1./s1. The molecule has 25 heteroatoms. The van der Waals surface area contributed by atoms with Gasteiger partial charge in [0, 0.05) is 48.4 Å². The topological polar surface area (TPSA) is 392 Å². The molecule has 6 rings (SSSR count). The van der Waals surface area contributed by atoms with E-state index in [4.69, 9.17) is 27.1 Å². The van der Waals surface area contributed by atoms with Crippen LogP contribution in [0.3, 0.4) is 0 Å². The molecule has 81 heavy (non-hydrogen) atoms. The van der Waals surface area contributed by atoms with E-state index in [1.54, 1.807) is 32.2 Å². The summed E-state index contributed by atoms with van der Waals surface area (Å²) in [5.41, 5.74) is 20.5. The van der Waals surface area contributed by atoms with E-state index in [1.807, 2.05) is 66.7 Å². The van der Waals surface area contributed by atoms with Crippen LogP contribution in [-0.2, 0) is 62.4 Å². The minimum absolute atomic E-state index is 0.0501. The van der Waals surface area contributed by atoms with Gasteiger partial charge in [0.05, 0.1) is 12.1 Å². The number of carbonyl (C=O) groups excluding carboxylic acids is 8. The summed E-state index contributed by atoms with van der Waals surface area (Å²) in [6.45, 7) is 5.93. The van der Waals surface area contributed by atoms with E-state index < -0.39 is 114 Å². The Morgan fingerprint density at radius 3 is 1.96 bits per heavy atom. The van der Waals surface area contributed by atoms with E-state index in [2.05, 4.69) is 42.2 Å². The second-order valence-electron chi connectivity index (χ2n) is 20.0. The molecule has 0 radical (unpaired) electrons. The number of H-pyrrole nitrogens is 1. The van der Waals surface area contributed by atoms with Crippen LogP contribution < -0.4 is 54.4 Å². The van der Waals surface area contributed by atoms with Gasteiger partial charge in [0.2, 0.25) is 47.3 Å². The largest absolute Gasteiger partial charge is 0.508 e. The Balaban J connectivity index is 0.00000291. The number of aliphatic hydroxyl groups is 1. The molecular formula is C56H73N11O12S2. The molecule has 17 N–H and O–H groups in total. The van der Waals surface area contributed by atoms with Crippen molar-refractivity contribution in [1.82, 2.24) is 42.2 Å². The summed E-state index contributed by atoms with van der Waals surface area (Å²) >= 11 is 0. The second-order valence-corrected chi connectivity index (χ2v) is 22.5. The number of carboxylic acids is 1. The molecule has 23 nitrogen and oxygen atoms in total. The van der Waals surface area contributed by atoms with Crippen molar-refractivity contribution in [3.05, 3.63) is 114 Å². The van der Waals surface area contributed by atoms with Gasteiger partial charge >= 0.3 is 0 Å². The molecule has 0 aliphatic carbocycles. The third-order valence-corrected chi connectivity index (χ3v) is 15.5. The lowest BCUT2D eigenvalue weighted by atomic mass is 10.00. The number of carboxylic acid groups (broad SMARTS) is 1. The zero-order valence-electron chi connectivity index (χ0n) is 45.4. The number of aromatic amines is 1. The summed E-state index contributed by atoms with van der Waals surface area (Å²) in [4.78, 5) is 125. The van der Waals surface area contributed by atoms with Crippen LogP contribution in [0.1, 0.15) is 63.6 Å². The van der Waals surface area contributed by atoms with Crippen LogP contribution in [0.15, 0.2) is 97.2 Å². The average Bonchev–Trinajstić information content (AvgIpc) is 3.88. The molecule has 2 heterocycles. The zero-order chi connectivity index (χ0) is 59.3. The first kappa shape index (κ1) is 64.1. The minimum atomic E-state index is -1.55. The number of aromatic hydroxyl groups is 1. The lowest BCUT2D eigenvalue weighted by molar-refractivity contribution is -0.136. The molecule has 1 aliphatic heterocycles. The predicted molar refractivity (Wildman–Crippen MR) is 310 cm³/mol. The number of primary amides is 1. The Hall–Kier alpha value is -7.71. The molecular weight excluding hydrogens is 1080 g/mol. The number of amides is 8. The van der Waals surface area contributed by atoms with Gasteiger partial charge in [-0.3, -0.25) is 43.2 Å². The highest BCUT2D eigenvalue weighted by atomic mass is 33.1.